The molecule has 0 amide bonds. The molecule has 6 nitrogen and oxygen atoms in total. The van der Waals surface area contributed by atoms with Crippen LogP contribution in [-0.2, 0) is 9.47 Å². The molecule has 0 fully saturated rings. The van der Waals surface area contributed by atoms with E-state index in [9.17, 15) is 4.79 Å². The zero-order chi connectivity index (χ0) is 15.1. The van der Waals surface area contributed by atoms with Crippen LogP contribution in [0.15, 0.2) is 12.3 Å². The van der Waals surface area contributed by atoms with Crippen molar-refractivity contribution in [3.05, 3.63) is 17.8 Å². The third-order valence-corrected chi connectivity index (χ3v) is 3.02. The number of hydrogen-bond donors (Lipinski definition) is 2. The van der Waals surface area contributed by atoms with E-state index in [4.69, 9.17) is 15.2 Å². The molecule has 20 heavy (non-hydrogen) atoms. The molecule has 0 aliphatic carbocycles. The number of carbonyl (C=O) groups excluding carboxylic acids is 1. The number of nitrogen functional groups attached to an aromatic ring is 1. The molecule has 0 saturated carbocycles. The first-order valence-electron chi connectivity index (χ1n) is 6.68. The van der Waals surface area contributed by atoms with Gasteiger partial charge in [0.25, 0.3) is 0 Å². The van der Waals surface area contributed by atoms with E-state index in [-0.39, 0.29) is 6.04 Å². The lowest BCUT2D eigenvalue weighted by Crippen LogP contribution is -2.32. The van der Waals surface area contributed by atoms with Crippen molar-refractivity contribution in [2.75, 3.05) is 31.4 Å². The van der Waals surface area contributed by atoms with Gasteiger partial charge in [0.05, 0.1) is 31.0 Å². The van der Waals surface area contributed by atoms with E-state index < -0.39 is 5.97 Å². The fraction of sp³-hybridized carbons (Fsp3) is 0.571. The van der Waals surface area contributed by atoms with Gasteiger partial charge in [0.1, 0.15) is 5.82 Å². The monoisotopic (exact) mass is 281 g/mol. The van der Waals surface area contributed by atoms with Gasteiger partial charge in [-0.05, 0) is 18.9 Å². The summed E-state index contributed by atoms with van der Waals surface area (Å²) >= 11 is 0. The van der Waals surface area contributed by atoms with Crippen LogP contribution in [0.25, 0.3) is 0 Å². The molecule has 1 rings (SSSR count). The molecule has 0 bridgehead atoms. The van der Waals surface area contributed by atoms with E-state index in [0.717, 1.165) is 0 Å². The molecule has 1 heterocycles. The quantitative estimate of drug-likeness (QED) is 0.743. The summed E-state index contributed by atoms with van der Waals surface area (Å²) in [5, 5.41) is 3.23. The van der Waals surface area contributed by atoms with E-state index in [0.29, 0.717) is 36.2 Å². The van der Waals surface area contributed by atoms with Crippen LogP contribution in [0.1, 0.15) is 31.1 Å². The van der Waals surface area contributed by atoms with Crippen molar-refractivity contribution < 1.29 is 14.3 Å². The first kappa shape index (κ1) is 16.2. The molecule has 1 aromatic rings. The zero-order valence-electron chi connectivity index (χ0n) is 12.5. The van der Waals surface area contributed by atoms with Crippen molar-refractivity contribution in [1.82, 2.24) is 4.98 Å². The molecule has 0 saturated heterocycles. The number of rotatable bonds is 7. The molecule has 1 atom stereocenters. The van der Waals surface area contributed by atoms with E-state index in [1.54, 1.807) is 6.07 Å². The van der Waals surface area contributed by atoms with Gasteiger partial charge < -0.3 is 20.5 Å². The van der Waals surface area contributed by atoms with Crippen molar-refractivity contribution in [2.24, 2.45) is 5.92 Å². The average Bonchev–Trinajstić information content (AvgIpc) is 2.43. The summed E-state index contributed by atoms with van der Waals surface area (Å²) in [5.41, 5.74) is 6.57. The molecule has 3 N–H and O–H groups in total. The second-order valence-corrected chi connectivity index (χ2v) is 4.77. The minimum Gasteiger partial charge on any atom is -0.465 e. The molecule has 0 aliphatic heterocycles. The van der Waals surface area contributed by atoms with Crippen molar-refractivity contribution in [2.45, 2.75) is 26.8 Å². The number of aromatic nitrogens is 1. The summed E-state index contributed by atoms with van der Waals surface area (Å²) in [4.78, 5) is 15.8. The van der Waals surface area contributed by atoms with E-state index >= 15 is 0 Å². The Bertz CT molecular complexity index is 449. The van der Waals surface area contributed by atoms with Crippen molar-refractivity contribution >= 4 is 17.5 Å². The Kier molecular flexibility index (Phi) is 6.24. The molecule has 1 unspecified atom stereocenters. The lowest BCUT2D eigenvalue weighted by atomic mass is 10.1. The van der Waals surface area contributed by atoms with Gasteiger partial charge in [-0.2, -0.15) is 0 Å². The van der Waals surface area contributed by atoms with Gasteiger partial charge in [-0.15, -0.1) is 0 Å². The Hall–Kier alpha value is -1.82. The summed E-state index contributed by atoms with van der Waals surface area (Å²) in [7, 11) is 1.32. The fourth-order valence-electron chi connectivity index (χ4n) is 1.70. The van der Waals surface area contributed by atoms with Gasteiger partial charge >= 0.3 is 5.97 Å². The first-order valence-corrected chi connectivity index (χ1v) is 6.68. The molecular formula is C14H23N3O3. The number of hydrogen-bond acceptors (Lipinski definition) is 6. The van der Waals surface area contributed by atoms with Crippen LogP contribution in [0.4, 0.5) is 11.5 Å². The fourth-order valence-corrected chi connectivity index (χ4v) is 1.70. The van der Waals surface area contributed by atoms with Crippen molar-refractivity contribution in [3.8, 4) is 0 Å². The summed E-state index contributed by atoms with van der Waals surface area (Å²) in [5.74, 6) is 0.342. The zero-order valence-corrected chi connectivity index (χ0v) is 12.5. The molecule has 0 aliphatic rings. The number of ether oxygens (including phenoxy) is 2. The van der Waals surface area contributed by atoms with Crippen LogP contribution in [0.2, 0.25) is 0 Å². The average molecular weight is 281 g/mol. The number of esters is 1. The third-order valence-electron chi connectivity index (χ3n) is 3.02. The maximum absolute atomic E-state index is 11.6. The molecule has 112 valence electrons. The Morgan fingerprint density at radius 3 is 2.75 bits per heavy atom. The van der Waals surface area contributed by atoms with Gasteiger partial charge in [0.15, 0.2) is 0 Å². The summed E-state index contributed by atoms with van der Waals surface area (Å²) in [6, 6.07) is 1.61. The molecule has 1 aromatic heterocycles. The lowest BCUT2D eigenvalue weighted by molar-refractivity contribution is 0.0602. The van der Waals surface area contributed by atoms with Crippen molar-refractivity contribution in [1.29, 1.82) is 0 Å². The van der Waals surface area contributed by atoms with Crippen LogP contribution in [0.3, 0.4) is 0 Å². The van der Waals surface area contributed by atoms with Crippen molar-refractivity contribution in [3.63, 3.8) is 0 Å². The molecule has 0 radical (unpaired) electrons. The normalized spacial score (nSPS) is 12.2. The predicted octanol–water partition coefficient (Wildman–Crippen LogP) is 1.92. The lowest BCUT2D eigenvalue weighted by Gasteiger charge is -2.23. The standard InChI is InChI=1S/C14H23N3O3/c1-5-20-8-11(9(2)3)17-13-12(15)10(6-7-16-13)14(18)19-4/h6-7,9,11H,5,8,15H2,1-4H3,(H,16,17). The number of nitrogens with zero attached hydrogens (tertiary/aromatic N) is 1. The Morgan fingerprint density at radius 2 is 2.20 bits per heavy atom. The van der Waals surface area contributed by atoms with Crippen LogP contribution in [-0.4, -0.2) is 37.3 Å². The van der Waals surface area contributed by atoms with Gasteiger partial charge in [-0.1, -0.05) is 13.8 Å². The second kappa shape index (κ2) is 7.69. The van der Waals surface area contributed by atoms with Crippen LogP contribution >= 0.6 is 0 Å². The van der Waals surface area contributed by atoms with Gasteiger partial charge in [-0.25, -0.2) is 9.78 Å². The Morgan fingerprint density at radius 1 is 1.50 bits per heavy atom. The SMILES string of the molecule is CCOCC(Nc1nccc(C(=O)OC)c1N)C(C)C. The largest absolute Gasteiger partial charge is 0.465 e. The minimum atomic E-state index is -0.473. The third kappa shape index (κ3) is 4.09. The van der Waals surface area contributed by atoms with Gasteiger partial charge in [-0.3, -0.25) is 0 Å². The number of methoxy groups -OCH3 is 1. The van der Waals surface area contributed by atoms with E-state index in [2.05, 4.69) is 24.1 Å². The number of anilines is 2. The Balaban J connectivity index is 2.92. The smallest absolute Gasteiger partial charge is 0.340 e. The van der Waals surface area contributed by atoms with E-state index in [1.807, 2.05) is 6.92 Å². The van der Waals surface area contributed by atoms with Crippen LogP contribution in [0, 0.1) is 5.92 Å². The summed E-state index contributed by atoms with van der Waals surface area (Å²) in [6.07, 6.45) is 1.53. The Labute approximate surface area is 119 Å². The molecular weight excluding hydrogens is 258 g/mol. The maximum atomic E-state index is 11.6. The number of pyridine rings is 1. The molecule has 0 aromatic carbocycles. The summed E-state index contributed by atoms with van der Waals surface area (Å²) < 4.78 is 10.1. The highest BCUT2D eigenvalue weighted by atomic mass is 16.5. The van der Waals surface area contributed by atoms with Crippen LogP contribution < -0.4 is 11.1 Å². The summed E-state index contributed by atoms with van der Waals surface area (Å²) in [6.45, 7) is 7.31. The number of carbonyl (C=O) groups is 1. The van der Waals surface area contributed by atoms with Crippen LogP contribution in [0.5, 0.6) is 0 Å². The van der Waals surface area contributed by atoms with Gasteiger partial charge in [0, 0.05) is 12.8 Å². The van der Waals surface area contributed by atoms with E-state index in [1.165, 1.54) is 13.3 Å². The highest BCUT2D eigenvalue weighted by Gasteiger charge is 2.18. The second-order valence-electron chi connectivity index (χ2n) is 4.77. The molecule has 6 heteroatoms. The predicted molar refractivity (Wildman–Crippen MR) is 78.7 cm³/mol. The minimum absolute atomic E-state index is 0.0673. The topological polar surface area (TPSA) is 86.5 Å². The highest BCUT2D eigenvalue weighted by molar-refractivity contribution is 5.97. The maximum Gasteiger partial charge on any atom is 0.340 e. The first-order chi connectivity index (χ1) is 9.51. The number of nitrogens with two attached hydrogens (primary N) is 1. The van der Waals surface area contributed by atoms with Gasteiger partial charge in [0.2, 0.25) is 0 Å². The highest BCUT2D eigenvalue weighted by Crippen LogP contribution is 2.22. The molecule has 0 spiro atoms. The number of nitrogens with one attached hydrogen (secondary N) is 1.